The number of likely N-dealkylation sites (N-methyl/N-ethyl adjacent to an activating group) is 1. The lowest BCUT2D eigenvalue weighted by Crippen LogP contribution is -2.54. The Bertz CT molecular complexity index is 670. The van der Waals surface area contributed by atoms with Gasteiger partial charge in [0, 0.05) is 42.7 Å². The third-order valence-corrected chi connectivity index (χ3v) is 4.12. The van der Waals surface area contributed by atoms with Gasteiger partial charge in [-0.15, -0.1) is 0 Å². The summed E-state index contributed by atoms with van der Waals surface area (Å²) in [5.41, 5.74) is 1.48. The average molecular weight is 308 g/mol. The van der Waals surface area contributed by atoms with Gasteiger partial charge in [0.2, 0.25) is 0 Å². The molecule has 1 amide bonds. The van der Waals surface area contributed by atoms with E-state index in [1.807, 2.05) is 31.3 Å². The number of aromatic amines is 1. The molecule has 5 nitrogen and oxygen atoms in total. The number of halogens is 1. The first-order valence-corrected chi connectivity index (χ1v) is 7.27. The third-order valence-electron chi connectivity index (χ3n) is 3.88. The molecule has 1 N–H and O–H groups in total. The molecule has 1 unspecified atom stereocenters. The molecule has 0 saturated carbocycles. The second-order valence-corrected chi connectivity index (χ2v) is 5.80. The number of rotatable bonds is 2. The lowest BCUT2D eigenvalue weighted by Gasteiger charge is -2.38. The highest BCUT2D eigenvalue weighted by Gasteiger charge is 2.30. The fraction of sp³-hybridized carbons (Fsp3) is 0.400. The summed E-state index contributed by atoms with van der Waals surface area (Å²) in [7, 11) is 3.66. The van der Waals surface area contributed by atoms with Crippen molar-refractivity contribution in [2.45, 2.75) is 6.23 Å². The van der Waals surface area contributed by atoms with E-state index >= 15 is 0 Å². The molecule has 0 radical (unpaired) electrons. The lowest BCUT2D eigenvalue weighted by atomic mass is 10.2. The molecule has 3 rings (SSSR count). The maximum absolute atomic E-state index is 12.7. The quantitative estimate of drug-likeness (QED) is 0.925. The van der Waals surface area contributed by atoms with Gasteiger partial charge in [0.1, 0.15) is 11.9 Å². The molecule has 0 aliphatic carbocycles. The van der Waals surface area contributed by atoms with Crippen LogP contribution in [-0.2, 0) is 4.74 Å². The van der Waals surface area contributed by atoms with Crippen molar-refractivity contribution in [2.24, 2.45) is 0 Å². The van der Waals surface area contributed by atoms with Gasteiger partial charge >= 0.3 is 0 Å². The van der Waals surface area contributed by atoms with Gasteiger partial charge in [0.15, 0.2) is 0 Å². The van der Waals surface area contributed by atoms with Crippen LogP contribution >= 0.6 is 11.6 Å². The Morgan fingerprint density at radius 2 is 2.19 bits per heavy atom. The van der Waals surface area contributed by atoms with Crippen LogP contribution in [0.2, 0.25) is 5.02 Å². The predicted octanol–water partition coefficient (Wildman–Crippen LogP) is 2.18. The van der Waals surface area contributed by atoms with E-state index in [1.165, 1.54) is 0 Å². The van der Waals surface area contributed by atoms with E-state index in [2.05, 4.69) is 9.88 Å². The Hall–Kier alpha value is -1.56. The third kappa shape index (κ3) is 2.77. The zero-order chi connectivity index (χ0) is 15.0. The van der Waals surface area contributed by atoms with Crippen LogP contribution in [0, 0.1) is 0 Å². The molecule has 112 valence electrons. The molecule has 6 heteroatoms. The minimum Gasteiger partial charge on any atom is -0.360 e. The fourth-order valence-electron chi connectivity index (χ4n) is 2.69. The molecule has 21 heavy (non-hydrogen) atoms. The Kier molecular flexibility index (Phi) is 3.89. The molecule has 1 aromatic carbocycles. The van der Waals surface area contributed by atoms with Crippen molar-refractivity contribution in [3.63, 3.8) is 0 Å². The maximum Gasteiger partial charge on any atom is 0.272 e. The minimum absolute atomic E-state index is 0.0396. The van der Waals surface area contributed by atoms with Crippen LogP contribution in [0.3, 0.4) is 0 Å². The highest BCUT2D eigenvalue weighted by Crippen LogP contribution is 2.22. The fourth-order valence-corrected chi connectivity index (χ4v) is 2.87. The number of H-pyrrole nitrogens is 1. The molecule has 1 fully saturated rings. The van der Waals surface area contributed by atoms with Crippen molar-refractivity contribution in [1.29, 1.82) is 0 Å². The molecule has 2 heterocycles. The molecule has 0 spiro atoms. The molecule has 0 bridgehead atoms. The minimum atomic E-state index is -0.216. The van der Waals surface area contributed by atoms with Gasteiger partial charge in [-0.1, -0.05) is 11.6 Å². The number of ether oxygens (including phenoxy) is 1. The average Bonchev–Trinajstić information content (AvgIpc) is 2.89. The van der Waals surface area contributed by atoms with Crippen LogP contribution in [-0.4, -0.2) is 60.7 Å². The summed E-state index contributed by atoms with van der Waals surface area (Å²) in [6.07, 6.45) is -0.216. The van der Waals surface area contributed by atoms with Gasteiger partial charge in [-0.05, 0) is 31.3 Å². The first-order valence-electron chi connectivity index (χ1n) is 6.89. The van der Waals surface area contributed by atoms with Crippen molar-refractivity contribution in [3.05, 3.63) is 35.0 Å². The topological polar surface area (TPSA) is 48.6 Å². The Morgan fingerprint density at radius 3 is 2.95 bits per heavy atom. The van der Waals surface area contributed by atoms with E-state index in [1.54, 1.807) is 12.0 Å². The number of amides is 1. The molecule has 1 saturated heterocycles. The van der Waals surface area contributed by atoms with E-state index in [4.69, 9.17) is 16.3 Å². The van der Waals surface area contributed by atoms with Gasteiger partial charge in [0.05, 0.1) is 0 Å². The monoisotopic (exact) mass is 307 g/mol. The summed E-state index contributed by atoms with van der Waals surface area (Å²) >= 11 is 5.98. The second kappa shape index (κ2) is 5.67. The van der Waals surface area contributed by atoms with Gasteiger partial charge in [0.25, 0.3) is 5.91 Å². The Labute approximate surface area is 128 Å². The predicted molar refractivity (Wildman–Crippen MR) is 82.6 cm³/mol. The largest absolute Gasteiger partial charge is 0.360 e. The highest BCUT2D eigenvalue weighted by molar-refractivity contribution is 6.31. The molecule has 1 aromatic heterocycles. The number of hydrogen-bond acceptors (Lipinski definition) is 3. The molecular weight excluding hydrogens is 290 g/mol. The standard InChI is InChI=1S/C15H18ClN3O2/c1-18-5-6-19(14(9-18)21-2)15(20)13-8-10-7-11(16)3-4-12(10)17-13/h3-4,7-8,14,17H,5-6,9H2,1-2H3. The molecule has 1 aliphatic rings. The normalized spacial score (nSPS) is 20.1. The Morgan fingerprint density at radius 1 is 1.38 bits per heavy atom. The van der Waals surface area contributed by atoms with Crippen LogP contribution in [0.15, 0.2) is 24.3 Å². The van der Waals surface area contributed by atoms with Crippen LogP contribution < -0.4 is 0 Å². The number of fused-ring (bicyclic) bond motifs is 1. The first-order chi connectivity index (χ1) is 10.1. The summed E-state index contributed by atoms with van der Waals surface area (Å²) in [6, 6.07) is 7.38. The number of carbonyl (C=O) groups is 1. The number of aromatic nitrogens is 1. The summed E-state index contributed by atoms with van der Waals surface area (Å²) < 4.78 is 5.44. The second-order valence-electron chi connectivity index (χ2n) is 5.37. The van der Waals surface area contributed by atoms with Crippen molar-refractivity contribution in [3.8, 4) is 0 Å². The number of methoxy groups -OCH3 is 1. The number of hydrogen-bond donors (Lipinski definition) is 1. The number of benzene rings is 1. The first kappa shape index (κ1) is 14.4. The van der Waals surface area contributed by atoms with Gasteiger partial charge in [-0.3, -0.25) is 4.79 Å². The number of nitrogens with zero attached hydrogens (tertiary/aromatic N) is 2. The maximum atomic E-state index is 12.7. The Balaban J connectivity index is 1.88. The van der Waals surface area contributed by atoms with E-state index in [0.717, 1.165) is 17.4 Å². The smallest absolute Gasteiger partial charge is 0.272 e. The van der Waals surface area contributed by atoms with Crippen LogP contribution in [0.5, 0.6) is 0 Å². The van der Waals surface area contributed by atoms with E-state index in [0.29, 0.717) is 23.8 Å². The van der Waals surface area contributed by atoms with Crippen LogP contribution in [0.4, 0.5) is 0 Å². The summed E-state index contributed by atoms with van der Waals surface area (Å²) in [5.74, 6) is -0.0396. The van der Waals surface area contributed by atoms with Crippen molar-refractivity contribution < 1.29 is 9.53 Å². The highest BCUT2D eigenvalue weighted by atomic mass is 35.5. The number of piperazine rings is 1. The van der Waals surface area contributed by atoms with Crippen LogP contribution in [0.1, 0.15) is 10.5 Å². The van der Waals surface area contributed by atoms with E-state index < -0.39 is 0 Å². The van der Waals surface area contributed by atoms with E-state index in [9.17, 15) is 4.79 Å². The molecular formula is C15H18ClN3O2. The lowest BCUT2D eigenvalue weighted by molar-refractivity contribution is -0.0588. The molecule has 2 aromatic rings. The number of nitrogens with one attached hydrogen (secondary N) is 1. The summed E-state index contributed by atoms with van der Waals surface area (Å²) in [5, 5.41) is 1.60. The zero-order valence-electron chi connectivity index (χ0n) is 12.1. The molecule has 1 aliphatic heterocycles. The summed E-state index contributed by atoms with van der Waals surface area (Å²) in [4.78, 5) is 19.8. The zero-order valence-corrected chi connectivity index (χ0v) is 12.9. The summed E-state index contributed by atoms with van der Waals surface area (Å²) in [6.45, 7) is 2.22. The van der Waals surface area contributed by atoms with Crippen molar-refractivity contribution in [2.75, 3.05) is 33.8 Å². The molecule has 1 atom stereocenters. The van der Waals surface area contributed by atoms with Gasteiger partial charge < -0.3 is 19.5 Å². The van der Waals surface area contributed by atoms with E-state index in [-0.39, 0.29) is 12.1 Å². The SMILES string of the molecule is COC1CN(C)CCN1C(=O)c1cc2cc(Cl)ccc2[nH]1. The van der Waals surface area contributed by atoms with Crippen molar-refractivity contribution >= 4 is 28.4 Å². The van der Waals surface area contributed by atoms with Crippen molar-refractivity contribution in [1.82, 2.24) is 14.8 Å². The van der Waals surface area contributed by atoms with Gasteiger partial charge in [-0.25, -0.2) is 0 Å². The van der Waals surface area contributed by atoms with Gasteiger partial charge in [-0.2, -0.15) is 0 Å². The number of carbonyl (C=O) groups excluding carboxylic acids is 1. The van der Waals surface area contributed by atoms with Crippen LogP contribution in [0.25, 0.3) is 10.9 Å².